The number of nitriles is 1. The Bertz CT molecular complexity index is 174. The van der Waals surface area contributed by atoms with Crippen LogP contribution in [-0.4, -0.2) is 17.9 Å². The Balaban J connectivity index is 4.09. The molecule has 0 unspecified atom stereocenters. The summed E-state index contributed by atoms with van der Waals surface area (Å²) >= 11 is 0. The van der Waals surface area contributed by atoms with E-state index in [4.69, 9.17) is 5.26 Å². The molecule has 0 saturated carbocycles. The third-order valence-electron chi connectivity index (χ3n) is 0.919. The summed E-state index contributed by atoms with van der Waals surface area (Å²) in [5.74, 6) is 0.426. The fourth-order valence-electron chi connectivity index (χ4n) is 0.630. The Kier molecular flexibility index (Phi) is 4.28. The highest BCUT2D eigenvalue weighted by Gasteiger charge is 1.99. The van der Waals surface area contributed by atoms with Gasteiger partial charge in [0.1, 0.15) is 6.07 Å². The van der Waals surface area contributed by atoms with E-state index in [1.165, 1.54) is 0 Å². The van der Waals surface area contributed by atoms with Crippen molar-refractivity contribution >= 4 is 5.84 Å². The van der Waals surface area contributed by atoms with E-state index in [1.54, 1.807) is 0 Å². The smallest absolute Gasteiger partial charge is 0.201 e. The van der Waals surface area contributed by atoms with Crippen LogP contribution in [0.3, 0.4) is 0 Å². The van der Waals surface area contributed by atoms with Gasteiger partial charge in [-0.25, -0.2) is 0 Å². The van der Waals surface area contributed by atoms with Gasteiger partial charge in [0.25, 0.3) is 0 Å². The number of nitrogens with one attached hydrogen (secondary N) is 1. The Morgan fingerprint density at radius 3 is 2.18 bits per heavy atom. The summed E-state index contributed by atoms with van der Waals surface area (Å²) in [5.41, 5.74) is 0. The number of hydrogen-bond donors (Lipinski definition) is 1. The number of amidine groups is 1. The van der Waals surface area contributed by atoms with Crippen LogP contribution in [0.25, 0.3) is 0 Å². The van der Waals surface area contributed by atoms with Crippen molar-refractivity contribution < 1.29 is 0 Å². The van der Waals surface area contributed by atoms with Gasteiger partial charge in [0.05, 0.1) is 0 Å². The first-order valence-electron chi connectivity index (χ1n) is 3.80. The first-order valence-corrected chi connectivity index (χ1v) is 3.80. The van der Waals surface area contributed by atoms with Crippen molar-refractivity contribution in [2.75, 3.05) is 0 Å². The lowest BCUT2D eigenvalue weighted by Crippen LogP contribution is -2.29. The van der Waals surface area contributed by atoms with Gasteiger partial charge in [-0.1, -0.05) is 0 Å². The molecule has 0 rings (SSSR count). The highest BCUT2D eigenvalue weighted by atomic mass is 15.0. The van der Waals surface area contributed by atoms with E-state index in [-0.39, 0.29) is 12.1 Å². The molecule has 0 atom stereocenters. The van der Waals surface area contributed by atoms with Crippen LogP contribution in [-0.2, 0) is 0 Å². The topological polar surface area (TPSA) is 48.2 Å². The molecule has 0 aromatic rings. The molecule has 0 aliphatic heterocycles. The molecule has 0 aromatic heterocycles. The monoisotopic (exact) mass is 153 g/mol. The molecule has 0 fully saturated rings. The van der Waals surface area contributed by atoms with Crippen molar-refractivity contribution in [3.63, 3.8) is 0 Å². The molecule has 0 heterocycles. The zero-order chi connectivity index (χ0) is 8.85. The third-order valence-corrected chi connectivity index (χ3v) is 0.919. The maximum Gasteiger partial charge on any atom is 0.201 e. The molecule has 3 nitrogen and oxygen atoms in total. The van der Waals surface area contributed by atoms with Gasteiger partial charge >= 0.3 is 0 Å². The van der Waals surface area contributed by atoms with Crippen LogP contribution < -0.4 is 5.32 Å². The third kappa shape index (κ3) is 5.41. The Labute approximate surface area is 68.1 Å². The van der Waals surface area contributed by atoms with E-state index in [9.17, 15) is 0 Å². The van der Waals surface area contributed by atoms with Crippen LogP contribution >= 0.6 is 0 Å². The second-order valence-electron chi connectivity index (χ2n) is 2.98. The maximum absolute atomic E-state index is 8.58. The largest absolute Gasteiger partial charge is 0.359 e. The minimum Gasteiger partial charge on any atom is -0.359 e. The fraction of sp³-hybridized carbons (Fsp3) is 0.750. The van der Waals surface area contributed by atoms with Gasteiger partial charge in [0.2, 0.25) is 5.84 Å². The van der Waals surface area contributed by atoms with Gasteiger partial charge in [0.15, 0.2) is 0 Å². The van der Waals surface area contributed by atoms with E-state index in [0.717, 1.165) is 0 Å². The van der Waals surface area contributed by atoms with Gasteiger partial charge in [-0.2, -0.15) is 5.26 Å². The van der Waals surface area contributed by atoms with Crippen molar-refractivity contribution in [1.29, 1.82) is 5.26 Å². The summed E-state index contributed by atoms with van der Waals surface area (Å²) in [5, 5.41) is 11.5. The van der Waals surface area contributed by atoms with Crippen molar-refractivity contribution in [2.45, 2.75) is 39.8 Å². The summed E-state index contributed by atoms with van der Waals surface area (Å²) in [4.78, 5) is 4.08. The minimum absolute atomic E-state index is 0.177. The number of nitrogens with zero attached hydrogens (tertiary/aromatic N) is 2. The maximum atomic E-state index is 8.58. The zero-order valence-corrected chi connectivity index (χ0v) is 7.55. The molecular weight excluding hydrogens is 138 g/mol. The first-order chi connectivity index (χ1) is 5.06. The van der Waals surface area contributed by atoms with Gasteiger partial charge in [-0.15, -0.1) is 0 Å². The van der Waals surface area contributed by atoms with Crippen LogP contribution in [0.5, 0.6) is 0 Å². The van der Waals surface area contributed by atoms with E-state index in [1.807, 2.05) is 33.8 Å². The summed E-state index contributed by atoms with van der Waals surface area (Å²) in [6, 6.07) is 2.45. The Morgan fingerprint density at radius 1 is 1.36 bits per heavy atom. The molecule has 0 bridgehead atoms. The molecule has 0 saturated heterocycles. The van der Waals surface area contributed by atoms with Crippen LogP contribution in [0.1, 0.15) is 27.7 Å². The van der Waals surface area contributed by atoms with Crippen LogP contribution in [0.2, 0.25) is 0 Å². The van der Waals surface area contributed by atoms with Crippen molar-refractivity contribution in [1.82, 2.24) is 5.32 Å². The molecule has 3 heteroatoms. The van der Waals surface area contributed by atoms with Gasteiger partial charge in [-0.05, 0) is 27.7 Å². The molecule has 0 aliphatic carbocycles. The lowest BCUT2D eigenvalue weighted by Gasteiger charge is -2.07. The molecule has 62 valence electrons. The van der Waals surface area contributed by atoms with Crippen molar-refractivity contribution in [3.05, 3.63) is 0 Å². The molecule has 0 spiro atoms. The molecule has 0 radical (unpaired) electrons. The standard InChI is InChI=1S/C8H15N3/c1-6(2)10-8(5-9)11-7(3)4/h6-7H,1-4H3,(H,10,11). The molecule has 1 N–H and O–H groups in total. The van der Waals surface area contributed by atoms with E-state index < -0.39 is 0 Å². The highest BCUT2D eigenvalue weighted by Crippen LogP contribution is 1.87. The predicted octanol–water partition coefficient (Wildman–Crippen LogP) is 1.31. The lowest BCUT2D eigenvalue weighted by molar-refractivity contribution is 0.722. The molecular formula is C8H15N3. The minimum atomic E-state index is 0.177. The SMILES string of the molecule is CC(C)N=C(C#N)NC(C)C. The summed E-state index contributed by atoms with van der Waals surface area (Å²) < 4.78 is 0. The van der Waals surface area contributed by atoms with Crippen LogP contribution in [0, 0.1) is 11.3 Å². The first kappa shape index (κ1) is 9.96. The quantitative estimate of drug-likeness (QED) is 0.480. The van der Waals surface area contributed by atoms with Crippen molar-refractivity contribution in [3.8, 4) is 6.07 Å². The summed E-state index contributed by atoms with van der Waals surface area (Å²) in [6.07, 6.45) is 0. The average Bonchev–Trinajstić information content (AvgIpc) is 1.84. The van der Waals surface area contributed by atoms with E-state index in [2.05, 4.69) is 10.3 Å². The Hall–Kier alpha value is -1.04. The second-order valence-corrected chi connectivity index (χ2v) is 2.98. The number of aliphatic imine (C=N–C) groups is 1. The van der Waals surface area contributed by atoms with Crippen LogP contribution in [0.4, 0.5) is 0 Å². The van der Waals surface area contributed by atoms with Gasteiger partial charge < -0.3 is 5.32 Å². The fourth-order valence-corrected chi connectivity index (χ4v) is 0.630. The zero-order valence-electron chi connectivity index (χ0n) is 7.55. The van der Waals surface area contributed by atoms with Crippen molar-refractivity contribution in [2.24, 2.45) is 4.99 Å². The second kappa shape index (κ2) is 4.73. The number of rotatable bonds is 2. The Morgan fingerprint density at radius 2 is 1.91 bits per heavy atom. The highest BCUT2D eigenvalue weighted by molar-refractivity contribution is 5.96. The molecule has 0 amide bonds. The molecule has 0 aromatic carbocycles. The van der Waals surface area contributed by atoms with Gasteiger partial charge in [0, 0.05) is 12.1 Å². The van der Waals surface area contributed by atoms with Crippen LogP contribution in [0.15, 0.2) is 4.99 Å². The number of hydrogen-bond acceptors (Lipinski definition) is 2. The molecule has 0 aliphatic rings. The predicted molar refractivity (Wildman–Crippen MR) is 46.5 cm³/mol. The normalized spacial score (nSPS) is 11.9. The average molecular weight is 153 g/mol. The van der Waals surface area contributed by atoms with E-state index >= 15 is 0 Å². The summed E-state index contributed by atoms with van der Waals surface area (Å²) in [6.45, 7) is 7.85. The van der Waals surface area contributed by atoms with E-state index in [0.29, 0.717) is 5.84 Å². The summed E-state index contributed by atoms with van der Waals surface area (Å²) in [7, 11) is 0. The lowest BCUT2D eigenvalue weighted by atomic mass is 10.4. The van der Waals surface area contributed by atoms with Gasteiger partial charge in [-0.3, -0.25) is 4.99 Å². The molecule has 11 heavy (non-hydrogen) atoms.